The third kappa shape index (κ3) is 5.98. The van der Waals surface area contributed by atoms with E-state index in [1.165, 1.54) is 63.5 Å². The topological polar surface area (TPSA) is 64.6 Å². The van der Waals surface area contributed by atoms with Crippen LogP contribution in [-0.2, 0) is 15.0 Å². The Morgan fingerprint density at radius 3 is 2.20 bits per heavy atom. The number of carbonyl (C=O) groups is 2. The predicted octanol–water partition coefficient (Wildman–Crippen LogP) is 11.6. The zero-order chi connectivity index (χ0) is 35.7. The van der Waals surface area contributed by atoms with Crippen molar-refractivity contribution in [3.05, 3.63) is 70.5 Å². The highest BCUT2D eigenvalue weighted by molar-refractivity contribution is 7.99. The molecule has 3 saturated carbocycles. The number of amides is 1. The Hall–Kier alpha value is -2.99. The van der Waals surface area contributed by atoms with Crippen LogP contribution in [0.1, 0.15) is 136 Å². The van der Waals surface area contributed by atoms with Crippen LogP contribution in [0.5, 0.6) is 11.5 Å². The molecule has 0 bridgehead atoms. The van der Waals surface area contributed by atoms with Gasteiger partial charge in [-0.1, -0.05) is 53.2 Å². The van der Waals surface area contributed by atoms with Gasteiger partial charge in [-0.05, 0) is 141 Å². The minimum atomic E-state index is -0.348. The summed E-state index contributed by atoms with van der Waals surface area (Å²) in [7, 11) is 0. The molecule has 4 aliphatic carbocycles. The van der Waals surface area contributed by atoms with E-state index in [9.17, 15) is 9.59 Å². The van der Waals surface area contributed by atoms with Crippen molar-refractivity contribution in [2.24, 2.45) is 27.6 Å². The Labute approximate surface area is 299 Å². The van der Waals surface area contributed by atoms with E-state index >= 15 is 0 Å². The molecule has 2 aromatic rings. The monoisotopic (exact) mass is 683 g/mol. The number of carbonyl (C=O) groups excluding carboxylic acids is 2. The number of anilines is 1. The molecule has 2 aromatic carbocycles. The predicted molar refractivity (Wildman–Crippen MR) is 201 cm³/mol. The highest BCUT2D eigenvalue weighted by atomic mass is 32.2. The maximum atomic E-state index is 12.5. The molecule has 0 saturated heterocycles. The first-order chi connectivity index (χ1) is 22.9. The summed E-state index contributed by atoms with van der Waals surface area (Å²) in [5.41, 5.74) is 6.62. The van der Waals surface area contributed by atoms with Gasteiger partial charge in [-0.15, -0.1) is 11.8 Å². The lowest BCUT2D eigenvalue weighted by Crippen LogP contribution is -2.62. The van der Waals surface area contributed by atoms with E-state index in [0.29, 0.717) is 28.2 Å². The van der Waals surface area contributed by atoms with Gasteiger partial charge >= 0.3 is 5.97 Å². The Balaban J connectivity index is 1.55. The Morgan fingerprint density at radius 1 is 0.898 bits per heavy atom. The number of benzene rings is 2. The quantitative estimate of drug-likeness (QED) is 0.142. The third-order valence-corrected chi connectivity index (χ3v) is 14.8. The standard InChI is InChI=1S/C43H57NO4S/c1-12-26(2)47-38-27(3)37-32(23-33(38)48-29(5)46)41(9)20-22-43(11)36-25-39(6,7)17-18-40(36,8)19-21-42(43,10)35(41)24-34(37)49-31-15-13-30(14-16-31)44-28(4)45/h12-16,23-24,34,36H,17-22,25H2,1-11H3,(H,44,45)/b26-12-/t34?,36?,40?,41?,42?,43-/m0/s1. The lowest BCUT2D eigenvalue weighted by atomic mass is 9.34. The lowest BCUT2D eigenvalue weighted by molar-refractivity contribution is -0.156. The maximum Gasteiger partial charge on any atom is 0.308 e. The second-order valence-electron chi connectivity index (χ2n) is 17.4. The normalized spacial score (nSPS) is 33.2. The molecule has 0 aliphatic heterocycles. The molecule has 0 radical (unpaired) electrons. The minimum Gasteiger partial charge on any atom is -0.458 e. The van der Waals surface area contributed by atoms with Gasteiger partial charge in [0.05, 0.1) is 11.0 Å². The number of ether oxygens (including phenoxy) is 2. The van der Waals surface area contributed by atoms with Crippen LogP contribution >= 0.6 is 11.8 Å². The zero-order valence-corrected chi connectivity index (χ0v) is 32.5. The number of fused-ring (bicyclic) bond motifs is 7. The van der Waals surface area contributed by atoms with E-state index in [2.05, 4.69) is 78.1 Å². The second-order valence-corrected chi connectivity index (χ2v) is 18.6. The van der Waals surface area contributed by atoms with Gasteiger partial charge in [0.15, 0.2) is 11.5 Å². The molecule has 6 heteroatoms. The van der Waals surface area contributed by atoms with E-state index in [1.54, 1.807) is 5.57 Å². The van der Waals surface area contributed by atoms with Crippen LogP contribution in [0, 0.1) is 34.5 Å². The van der Waals surface area contributed by atoms with E-state index in [1.807, 2.05) is 43.8 Å². The summed E-state index contributed by atoms with van der Waals surface area (Å²) >= 11 is 1.85. The van der Waals surface area contributed by atoms with E-state index in [4.69, 9.17) is 9.47 Å². The highest BCUT2D eigenvalue weighted by Gasteiger charge is 2.66. The van der Waals surface area contributed by atoms with Gasteiger partial charge in [0.25, 0.3) is 0 Å². The molecule has 4 aliphatic rings. The lowest BCUT2D eigenvalue weighted by Gasteiger charge is -2.70. The molecule has 1 N–H and O–H groups in total. The van der Waals surface area contributed by atoms with Crippen LogP contribution in [-0.4, -0.2) is 11.9 Å². The Kier molecular flexibility index (Phi) is 9.03. The average molecular weight is 684 g/mol. The SMILES string of the molecule is C/C=C(/C)Oc1c(OC(C)=O)cc2c(c1C)C(Sc1ccc(NC(C)=O)cc1)C=C1C2(C)CC[C@@]2(C)C3CC(C)(C)CCC3(C)CCC12C. The first-order valence-corrected chi connectivity index (χ1v) is 19.2. The first kappa shape index (κ1) is 35.8. The number of nitrogens with one attached hydrogen (secondary N) is 1. The summed E-state index contributed by atoms with van der Waals surface area (Å²) in [6.07, 6.45) is 13.2. The molecule has 6 atom stereocenters. The van der Waals surface area contributed by atoms with Gasteiger partial charge < -0.3 is 14.8 Å². The van der Waals surface area contributed by atoms with Crippen molar-refractivity contribution in [3.63, 3.8) is 0 Å². The fourth-order valence-corrected chi connectivity index (χ4v) is 11.7. The average Bonchev–Trinajstić information content (AvgIpc) is 3.02. The molecule has 5 unspecified atom stereocenters. The molecule has 5 nitrogen and oxygen atoms in total. The van der Waals surface area contributed by atoms with Crippen molar-refractivity contribution in [2.45, 2.75) is 137 Å². The van der Waals surface area contributed by atoms with Crippen LogP contribution in [0.4, 0.5) is 5.69 Å². The van der Waals surface area contributed by atoms with Crippen molar-refractivity contribution in [1.29, 1.82) is 0 Å². The highest BCUT2D eigenvalue weighted by Crippen LogP contribution is 2.75. The minimum absolute atomic E-state index is 0.0234. The first-order valence-electron chi connectivity index (χ1n) is 18.3. The largest absolute Gasteiger partial charge is 0.458 e. The van der Waals surface area contributed by atoms with Crippen molar-refractivity contribution in [3.8, 4) is 11.5 Å². The van der Waals surface area contributed by atoms with Gasteiger partial charge in [-0.3, -0.25) is 9.59 Å². The van der Waals surface area contributed by atoms with Gasteiger partial charge in [-0.2, -0.15) is 0 Å². The van der Waals surface area contributed by atoms with Crippen LogP contribution in [0.15, 0.2) is 58.7 Å². The molecule has 49 heavy (non-hydrogen) atoms. The fourth-order valence-electron chi connectivity index (χ4n) is 10.5. The van der Waals surface area contributed by atoms with Gasteiger partial charge in [0.1, 0.15) is 0 Å². The van der Waals surface area contributed by atoms with Gasteiger partial charge in [-0.25, -0.2) is 0 Å². The molecule has 264 valence electrons. The number of hydrogen-bond donors (Lipinski definition) is 1. The number of thioether (sulfide) groups is 1. The van der Waals surface area contributed by atoms with Crippen LogP contribution in [0.25, 0.3) is 0 Å². The molecule has 0 spiro atoms. The Bertz CT molecular complexity index is 1740. The summed E-state index contributed by atoms with van der Waals surface area (Å²) in [4.78, 5) is 25.4. The Morgan fingerprint density at radius 2 is 1.57 bits per heavy atom. The molecule has 1 amide bonds. The maximum absolute atomic E-state index is 12.5. The van der Waals surface area contributed by atoms with Crippen molar-refractivity contribution in [1.82, 2.24) is 0 Å². The zero-order valence-electron chi connectivity index (χ0n) is 31.7. The summed E-state index contributed by atoms with van der Waals surface area (Å²) in [5.74, 6) is 2.11. The van der Waals surface area contributed by atoms with Crippen molar-refractivity contribution in [2.75, 3.05) is 5.32 Å². The van der Waals surface area contributed by atoms with Gasteiger partial charge in [0, 0.05) is 35.4 Å². The number of esters is 1. The van der Waals surface area contributed by atoms with Crippen LogP contribution in [0.2, 0.25) is 0 Å². The van der Waals surface area contributed by atoms with Crippen molar-refractivity contribution < 1.29 is 19.1 Å². The molecule has 6 rings (SSSR count). The molecular formula is C43H57NO4S. The van der Waals surface area contributed by atoms with Crippen LogP contribution < -0.4 is 14.8 Å². The smallest absolute Gasteiger partial charge is 0.308 e. The number of allylic oxidation sites excluding steroid dienone is 3. The summed E-state index contributed by atoms with van der Waals surface area (Å²) in [6, 6.07) is 10.3. The number of rotatable bonds is 6. The fraction of sp³-hybridized carbons (Fsp3) is 0.581. The van der Waals surface area contributed by atoms with Crippen LogP contribution in [0.3, 0.4) is 0 Å². The van der Waals surface area contributed by atoms with Crippen molar-refractivity contribution >= 4 is 29.3 Å². The summed E-state index contributed by atoms with van der Waals surface area (Å²) in [6.45, 7) is 24.3. The van der Waals surface area contributed by atoms with E-state index in [-0.39, 0.29) is 33.4 Å². The number of hydrogen-bond acceptors (Lipinski definition) is 5. The summed E-state index contributed by atoms with van der Waals surface area (Å²) in [5, 5.41) is 2.93. The third-order valence-electron chi connectivity index (χ3n) is 13.6. The molecule has 0 heterocycles. The van der Waals surface area contributed by atoms with Gasteiger partial charge in [0.2, 0.25) is 5.91 Å². The molecular weight excluding hydrogens is 627 g/mol. The molecule has 0 aromatic heterocycles. The van der Waals surface area contributed by atoms with E-state index in [0.717, 1.165) is 28.3 Å². The summed E-state index contributed by atoms with van der Waals surface area (Å²) < 4.78 is 12.4. The second kappa shape index (κ2) is 12.4. The molecule has 3 fully saturated rings. The van der Waals surface area contributed by atoms with E-state index < -0.39 is 0 Å².